The predicted molar refractivity (Wildman–Crippen MR) is 52.4 cm³/mol. The molecule has 1 aliphatic rings. The Bertz CT molecular complexity index is 481. The van der Waals surface area contributed by atoms with Crippen molar-refractivity contribution in [2.45, 2.75) is 24.6 Å². The first-order valence-corrected chi connectivity index (χ1v) is 4.83. The second-order valence-corrected chi connectivity index (χ2v) is 3.67. The van der Waals surface area contributed by atoms with Crippen LogP contribution >= 0.6 is 0 Å². The van der Waals surface area contributed by atoms with Crippen LogP contribution in [0.4, 0.5) is 10.3 Å². The van der Waals surface area contributed by atoms with E-state index in [1.165, 1.54) is 0 Å². The first kappa shape index (κ1) is 11.9. The molecule has 1 aromatic rings. The van der Waals surface area contributed by atoms with Gasteiger partial charge in [-0.15, -0.1) is 0 Å². The maximum atomic E-state index is 14.3. The minimum atomic E-state index is -2.57. The highest BCUT2D eigenvalue weighted by atomic mass is 19.2. The molecule has 8 nitrogen and oxygen atoms in total. The number of hydrogen-bond donors (Lipinski definition) is 3. The number of aliphatic hydroxyl groups is 2. The number of nitrogens with zero attached hydrogens (tertiary/aromatic N) is 3. The van der Waals surface area contributed by atoms with E-state index >= 15 is 0 Å². The number of nitrogens with two attached hydrogens (primary N) is 1. The van der Waals surface area contributed by atoms with E-state index in [4.69, 9.17) is 15.6 Å². The molecule has 0 unspecified atom stereocenters. The van der Waals surface area contributed by atoms with Gasteiger partial charge in [0.05, 0.1) is 19.1 Å². The standard InChI is InChI=1S/C8H11FN4O4/c9-8(1-4(15)5(2-14)17-8)13-3-11-6(10)12-7(13)16/h3-5,14-15H,1-2H2,(H2,10,12,16)/t4-,5+,8-/m0/s1. The maximum Gasteiger partial charge on any atom is 0.356 e. The van der Waals surface area contributed by atoms with Crippen molar-refractivity contribution in [2.24, 2.45) is 0 Å². The minimum absolute atomic E-state index is 0.285. The van der Waals surface area contributed by atoms with Crippen LogP contribution in [0.15, 0.2) is 11.1 Å². The molecule has 1 saturated heterocycles. The highest BCUT2D eigenvalue weighted by Crippen LogP contribution is 2.35. The van der Waals surface area contributed by atoms with Gasteiger partial charge in [-0.3, -0.25) is 0 Å². The van der Waals surface area contributed by atoms with Crippen molar-refractivity contribution in [2.75, 3.05) is 12.3 Å². The van der Waals surface area contributed by atoms with E-state index in [2.05, 4.69) is 9.97 Å². The van der Waals surface area contributed by atoms with Gasteiger partial charge in [0.15, 0.2) is 0 Å². The lowest BCUT2D eigenvalue weighted by Crippen LogP contribution is -2.39. The van der Waals surface area contributed by atoms with E-state index < -0.39 is 36.9 Å². The highest BCUT2D eigenvalue weighted by Gasteiger charge is 2.48. The fraction of sp³-hybridized carbons (Fsp3) is 0.625. The molecular weight excluding hydrogens is 235 g/mol. The Morgan fingerprint density at radius 2 is 2.47 bits per heavy atom. The topological polar surface area (TPSA) is 123 Å². The summed E-state index contributed by atoms with van der Waals surface area (Å²) in [5.74, 6) is -2.86. The lowest BCUT2D eigenvalue weighted by molar-refractivity contribution is -0.205. The third kappa shape index (κ3) is 1.99. The number of aromatic nitrogens is 3. The molecule has 0 radical (unpaired) electrons. The van der Waals surface area contributed by atoms with Crippen LogP contribution in [-0.2, 0) is 10.7 Å². The maximum absolute atomic E-state index is 14.3. The average molecular weight is 246 g/mol. The number of anilines is 1. The van der Waals surface area contributed by atoms with Crippen LogP contribution < -0.4 is 11.4 Å². The van der Waals surface area contributed by atoms with Gasteiger partial charge in [0.1, 0.15) is 12.4 Å². The van der Waals surface area contributed by atoms with Gasteiger partial charge in [-0.05, 0) is 0 Å². The monoisotopic (exact) mass is 246 g/mol. The van der Waals surface area contributed by atoms with Crippen LogP contribution in [0.1, 0.15) is 6.42 Å². The fourth-order valence-electron chi connectivity index (χ4n) is 1.64. The second-order valence-electron chi connectivity index (χ2n) is 3.67. The van der Waals surface area contributed by atoms with Gasteiger partial charge in [-0.1, -0.05) is 0 Å². The molecule has 94 valence electrons. The molecule has 9 heteroatoms. The molecule has 0 spiro atoms. The summed E-state index contributed by atoms with van der Waals surface area (Å²) >= 11 is 0. The smallest absolute Gasteiger partial charge is 0.356 e. The van der Waals surface area contributed by atoms with Gasteiger partial charge < -0.3 is 20.7 Å². The van der Waals surface area contributed by atoms with Gasteiger partial charge in [0.25, 0.3) is 0 Å². The third-order valence-corrected chi connectivity index (χ3v) is 2.48. The number of hydrogen-bond acceptors (Lipinski definition) is 7. The molecule has 4 N–H and O–H groups in total. The zero-order valence-corrected chi connectivity index (χ0v) is 8.65. The van der Waals surface area contributed by atoms with Crippen molar-refractivity contribution in [3.05, 3.63) is 16.8 Å². The normalized spacial score (nSPS) is 32.9. The first-order valence-electron chi connectivity index (χ1n) is 4.83. The first-order chi connectivity index (χ1) is 7.96. The van der Waals surface area contributed by atoms with Crippen LogP contribution in [0.5, 0.6) is 0 Å². The zero-order chi connectivity index (χ0) is 12.6. The van der Waals surface area contributed by atoms with Crippen LogP contribution in [0.2, 0.25) is 0 Å². The van der Waals surface area contributed by atoms with Crippen molar-refractivity contribution in [3.63, 3.8) is 0 Å². The summed E-state index contributed by atoms with van der Waals surface area (Å²) in [6.45, 7) is -0.558. The molecule has 3 atom stereocenters. The number of nitrogen functional groups attached to an aromatic ring is 1. The Morgan fingerprint density at radius 3 is 3.00 bits per heavy atom. The highest BCUT2D eigenvalue weighted by molar-refractivity contribution is 5.10. The van der Waals surface area contributed by atoms with Crippen LogP contribution in [0.25, 0.3) is 0 Å². The number of rotatable bonds is 2. The quantitative estimate of drug-likeness (QED) is 0.548. The summed E-state index contributed by atoms with van der Waals surface area (Å²) in [7, 11) is 0. The lowest BCUT2D eigenvalue weighted by Gasteiger charge is -2.20. The number of ether oxygens (including phenoxy) is 1. The Labute approximate surface area is 94.5 Å². The van der Waals surface area contributed by atoms with Crippen molar-refractivity contribution < 1.29 is 19.3 Å². The van der Waals surface area contributed by atoms with Crippen molar-refractivity contribution in [3.8, 4) is 0 Å². The molecule has 1 fully saturated rings. The second kappa shape index (κ2) is 4.02. The van der Waals surface area contributed by atoms with E-state index in [1.54, 1.807) is 0 Å². The molecule has 0 aliphatic carbocycles. The number of halogens is 1. The van der Waals surface area contributed by atoms with Crippen LogP contribution in [0, 0.1) is 0 Å². The van der Waals surface area contributed by atoms with Gasteiger partial charge in [0, 0.05) is 0 Å². The van der Waals surface area contributed by atoms with E-state index in [0.717, 1.165) is 6.33 Å². The van der Waals surface area contributed by atoms with Crippen molar-refractivity contribution in [1.82, 2.24) is 14.5 Å². The fourth-order valence-corrected chi connectivity index (χ4v) is 1.64. The summed E-state index contributed by atoms with van der Waals surface area (Å²) in [6.07, 6.45) is -1.96. The van der Waals surface area contributed by atoms with E-state index in [-0.39, 0.29) is 5.95 Å². The zero-order valence-electron chi connectivity index (χ0n) is 8.65. The molecule has 17 heavy (non-hydrogen) atoms. The third-order valence-electron chi connectivity index (χ3n) is 2.48. The molecule has 0 saturated carbocycles. The van der Waals surface area contributed by atoms with Crippen LogP contribution in [-0.4, -0.2) is 43.6 Å². The molecule has 0 aromatic carbocycles. The summed E-state index contributed by atoms with van der Waals surface area (Å²) in [6, 6.07) is 0. The molecule has 1 aliphatic heterocycles. The molecule has 0 amide bonds. The van der Waals surface area contributed by atoms with Gasteiger partial charge >= 0.3 is 11.7 Å². The van der Waals surface area contributed by atoms with Crippen molar-refractivity contribution >= 4 is 5.95 Å². The molecule has 0 bridgehead atoms. The van der Waals surface area contributed by atoms with E-state index in [0.29, 0.717) is 4.57 Å². The minimum Gasteiger partial charge on any atom is -0.394 e. The largest absolute Gasteiger partial charge is 0.394 e. The number of aliphatic hydroxyl groups excluding tert-OH is 2. The summed E-state index contributed by atoms with van der Waals surface area (Å²) in [5.41, 5.74) is 4.18. The number of alkyl halides is 1. The predicted octanol–water partition coefficient (Wildman–Crippen LogP) is -2.06. The Balaban J connectivity index is 2.37. The Kier molecular flexibility index (Phi) is 2.81. The average Bonchev–Trinajstić information content (AvgIpc) is 2.54. The summed E-state index contributed by atoms with van der Waals surface area (Å²) in [4.78, 5) is 18.1. The molecule has 1 aromatic heterocycles. The Hall–Kier alpha value is -1.58. The molecular formula is C8H11FN4O4. The van der Waals surface area contributed by atoms with Crippen LogP contribution in [0.3, 0.4) is 0 Å². The summed E-state index contributed by atoms with van der Waals surface area (Å²) < 4.78 is 19.6. The van der Waals surface area contributed by atoms with Gasteiger partial charge in [-0.25, -0.2) is 14.3 Å². The van der Waals surface area contributed by atoms with E-state index in [1.807, 2.05) is 0 Å². The SMILES string of the molecule is Nc1ncn([C@@]2(F)C[C@H](O)[C@@H](CO)O2)c(=O)n1. The van der Waals surface area contributed by atoms with Gasteiger partial charge in [-0.2, -0.15) is 9.37 Å². The lowest BCUT2D eigenvalue weighted by atomic mass is 10.2. The van der Waals surface area contributed by atoms with E-state index in [9.17, 15) is 14.3 Å². The Morgan fingerprint density at radius 1 is 1.76 bits per heavy atom. The van der Waals surface area contributed by atoms with Crippen molar-refractivity contribution in [1.29, 1.82) is 0 Å². The van der Waals surface area contributed by atoms with Gasteiger partial charge in [0.2, 0.25) is 5.95 Å². The summed E-state index contributed by atoms with van der Waals surface area (Å²) in [5, 5.41) is 18.3. The molecule has 2 heterocycles. The molecule has 2 rings (SSSR count).